The summed E-state index contributed by atoms with van der Waals surface area (Å²) in [5.41, 5.74) is 1.67. The maximum absolute atomic E-state index is 6.13. The average molecular weight is 413 g/mol. The fraction of sp³-hybridized carbons (Fsp3) is 0. The molecular formula is C18H7Cl4OS. The lowest BCUT2D eigenvalue weighted by Gasteiger charge is -2.07. The van der Waals surface area contributed by atoms with Gasteiger partial charge in [0, 0.05) is 28.1 Å². The molecule has 0 saturated carbocycles. The van der Waals surface area contributed by atoms with Gasteiger partial charge in [0.15, 0.2) is 0 Å². The van der Waals surface area contributed by atoms with E-state index in [2.05, 4.69) is 6.07 Å². The zero-order chi connectivity index (χ0) is 16.8. The van der Waals surface area contributed by atoms with Crippen LogP contribution in [-0.2, 0) is 0 Å². The summed E-state index contributed by atoms with van der Waals surface area (Å²) in [5.74, 6) is 0.561. The van der Waals surface area contributed by atoms with E-state index in [1.807, 2.05) is 36.4 Å². The smallest absolute Gasteiger partial charge is 0.212 e. The molecule has 0 N–H and O–H groups in total. The lowest BCUT2D eigenvalue weighted by molar-refractivity contribution is 0.584. The summed E-state index contributed by atoms with van der Waals surface area (Å²) in [6.07, 6.45) is 0. The molecule has 0 fully saturated rings. The minimum absolute atomic E-state index is 0.164. The lowest BCUT2D eigenvalue weighted by atomic mass is 9.99. The van der Waals surface area contributed by atoms with Crippen molar-refractivity contribution in [1.82, 2.24) is 0 Å². The molecule has 119 valence electrons. The first-order valence-electron chi connectivity index (χ1n) is 6.88. The quantitative estimate of drug-likeness (QED) is 0.323. The Labute approximate surface area is 162 Å². The van der Waals surface area contributed by atoms with Crippen LogP contribution in [-0.4, -0.2) is 0 Å². The summed E-state index contributed by atoms with van der Waals surface area (Å²) in [6.45, 7) is 0. The Balaban J connectivity index is 2.00. The highest BCUT2D eigenvalue weighted by atomic mass is 35.5. The molecule has 2 aromatic carbocycles. The van der Waals surface area contributed by atoms with Gasteiger partial charge in [0.2, 0.25) is 5.22 Å². The zero-order valence-electron chi connectivity index (χ0n) is 11.9. The molecule has 6 heteroatoms. The van der Waals surface area contributed by atoms with E-state index < -0.39 is 0 Å². The minimum atomic E-state index is 0.164. The molecule has 4 aromatic rings. The van der Waals surface area contributed by atoms with Gasteiger partial charge < -0.3 is 4.42 Å². The van der Waals surface area contributed by atoms with E-state index >= 15 is 0 Å². The Morgan fingerprint density at radius 2 is 1.71 bits per heavy atom. The van der Waals surface area contributed by atoms with Crippen LogP contribution in [0.15, 0.2) is 46.9 Å². The van der Waals surface area contributed by atoms with Gasteiger partial charge in [-0.05, 0) is 34.5 Å². The summed E-state index contributed by atoms with van der Waals surface area (Å²) in [6, 6.07) is 16.9. The van der Waals surface area contributed by atoms with Gasteiger partial charge in [-0.1, -0.05) is 59.1 Å². The summed E-state index contributed by atoms with van der Waals surface area (Å²) < 4.78 is 6.08. The van der Waals surface area contributed by atoms with Gasteiger partial charge >= 0.3 is 0 Å². The normalized spacial score (nSPS) is 11.3. The molecule has 1 radical (unpaired) electrons. The average Bonchev–Trinajstić information content (AvgIpc) is 3.09. The summed E-state index contributed by atoms with van der Waals surface area (Å²) in [5, 5.41) is 3.17. The van der Waals surface area contributed by atoms with Crippen molar-refractivity contribution >= 4 is 68.5 Å². The van der Waals surface area contributed by atoms with Crippen molar-refractivity contribution in [2.24, 2.45) is 0 Å². The summed E-state index contributed by atoms with van der Waals surface area (Å²) in [7, 11) is 0. The molecule has 0 atom stereocenters. The van der Waals surface area contributed by atoms with Crippen LogP contribution in [0.1, 0.15) is 0 Å². The SMILES string of the molecule is Clc1cc(-c2[c]c(-c3cc(Cl)c(Cl)s3)c3ccccc3c2)oc1Cl. The fourth-order valence-corrected chi connectivity index (χ4v) is 4.18. The molecule has 0 spiro atoms. The van der Waals surface area contributed by atoms with Gasteiger partial charge in [-0.25, -0.2) is 0 Å². The van der Waals surface area contributed by atoms with Crippen LogP contribution in [0.5, 0.6) is 0 Å². The van der Waals surface area contributed by atoms with E-state index in [1.54, 1.807) is 6.07 Å². The predicted octanol–water partition coefficient (Wildman–Crippen LogP) is 8.24. The Hall–Kier alpha value is -1.16. The van der Waals surface area contributed by atoms with Gasteiger partial charge in [-0.3, -0.25) is 0 Å². The van der Waals surface area contributed by atoms with Crippen molar-refractivity contribution in [2.45, 2.75) is 0 Å². The fourth-order valence-electron chi connectivity index (χ4n) is 2.52. The first kappa shape index (κ1) is 16.3. The molecule has 2 heterocycles. The molecule has 0 amide bonds. The monoisotopic (exact) mass is 411 g/mol. The highest BCUT2D eigenvalue weighted by Gasteiger charge is 2.15. The van der Waals surface area contributed by atoms with Gasteiger partial charge in [0.05, 0.1) is 10.0 Å². The lowest BCUT2D eigenvalue weighted by Crippen LogP contribution is -1.83. The first-order chi connectivity index (χ1) is 11.5. The number of furan rings is 1. The molecule has 0 bridgehead atoms. The topological polar surface area (TPSA) is 13.1 Å². The molecule has 4 rings (SSSR count). The number of halogens is 4. The standard InChI is InChI=1S/C18H7Cl4OS/c19-13-7-15(23-17(13)21)10-5-9-3-1-2-4-11(9)12(6-10)16-8-14(20)18(22)24-16/h1-5,7-8H. The van der Waals surface area contributed by atoms with E-state index in [1.165, 1.54) is 11.3 Å². The van der Waals surface area contributed by atoms with Crippen LogP contribution >= 0.6 is 57.7 Å². The Bertz CT molecular complexity index is 1030. The highest BCUT2D eigenvalue weighted by Crippen LogP contribution is 2.42. The molecule has 0 aliphatic rings. The maximum Gasteiger partial charge on any atom is 0.212 e. The third-order valence-corrected chi connectivity index (χ3v) is 6.13. The summed E-state index contributed by atoms with van der Waals surface area (Å²) >= 11 is 25.6. The minimum Gasteiger partial charge on any atom is -0.443 e. The third kappa shape index (κ3) is 2.83. The molecule has 0 saturated heterocycles. The van der Waals surface area contributed by atoms with Gasteiger partial charge in [0.1, 0.15) is 10.1 Å². The van der Waals surface area contributed by atoms with Crippen molar-refractivity contribution in [2.75, 3.05) is 0 Å². The number of rotatable bonds is 2. The van der Waals surface area contributed by atoms with E-state index in [0.717, 1.165) is 26.8 Å². The number of thiophene rings is 1. The largest absolute Gasteiger partial charge is 0.443 e. The molecule has 0 aliphatic heterocycles. The van der Waals surface area contributed by atoms with Gasteiger partial charge in [-0.2, -0.15) is 0 Å². The number of benzene rings is 2. The first-order valence-corrected chi connectivity index (χ1v) is 9.21. The molecule has 0 unspecified atom stereocenters. The second-order valence-corrected chi connectivity index (χ2v) is 7.92. The molecular weight excluding hydrogens is 406 g/mol. The Kier molecular flexibility index (Phi) is 4.27. The molecule has 2 aromatic heterocycles. The van der Waals surface area contributed by atoms with Crippen LogP contribution < -0.4 is 0 Å². The maximum atomic E-state index is 6.13. The van der Waals surface area contributed by atoms with Crippen LogP contribution in [0.25, 0.3) is 32.5 Å². The Morgan fingerprint density at radius 3 is 2.38 bits per heavy atom. The second-order valence-electron chi connectivity index (χ2n) is 5.11. The number of hydrogen-bond donors (Lipinski definition) is 0. The van der Waals surface area contributed by atoms with Crippen molar-refractivity contribution < 1.29 is 4.42 Å². The predicted molar refractivity (Wildman–Crippen MR) is 104 cm³/mol. The van der Waals surface area contributed by atoms with E-state index in [-0.39, 0.29) is 5.22 Å². The second kappa shape index (κ2) is 6.29. The van der Waals surface area contributed by atoms with Crippen LogP contribution in [0.4, 0.5) is 0 Å². The summed E-state index contributed by atoms with van der Waals surface area (Å²) in [4.78, 5) is 0.937. The van der Waals surface area contributed by atoms with Gasteiger partial charge in [0.25, 0.3) is 0 Å². The van der Waals surface area contributed by atoms with E-state index in [0.29, 0.717) is 20.1 Å². The Morgan fingerprint density at radius 1 is 0.917 bits per heavy atom. The molecule has 1 nitrogen and oxygen atoms in total. The van der Waals surface area contributed by atoms with Crippen molar-refractivity contribution in [3.63, 3.8) is 0 Å². The highest BCUT2D eigenvalue weighted by molar-refractivity contribution is 7.20. The number of fused-ring (bicyclic) bond motifs is 1. The van der Waals surface area contributed by atoms with Crippen LogP contribution in [0, 0.1) is 6.07 Å². The van der Waals surface area contributed by atoms with E-state index in [4.69, 9.17) is 50.8 Å². The van der Waals surface area contributed by atoms with Crippen LogP contribution in [0.2, 0.25) is 19.6 Å². The third-order valence-electron chi connectivity index (χ3n) is 3.59. The zero-order valence-corrected chi connectivity index (χ0v) is 15.7. The van der Waals surface area contributed by atoms with Gasteiger partial charge in [-0.15, -0.1) is 11.3 Å². The molecule has 24 heavy (non-hydrogen) atoms. The van der Waals surface area contributed by atoms with Crippen molar-refractivity contribution in [3.05, 3.63) is 68.1 Å². The molecule has 0 aliphatic carbocycles. The van der Waals surface area contributed by atoms with E-state index in [9.17, 15) is 0 Å². The van der Waals surface area contributed by atoms with Crippen molar-refractivity contribution in [3.8, 4) is 21.8 Å². The number of hydrogen-bond acceptors (Lipinski definition) is 2. The van der Waals surface area contributed by atoms with Crippen molar-refractivity contribution in [1.29, 1.82) is 0 Å². The van der Waals surface area contributed by atoms with Crippen LogP contribution in [0.3, 0.4) is 0 Å².